The van der Waals surface area contributed by atoms with Crippen LogP contribution in [0, 0.1) is 0 Å². The van der Waals surface area contributed by atoms with Crippen molar-refractivity contribution in [1.82, 2.24) is 4.90 Å². The number of hydrogen-bond donors (Lipinski definition) is 1. The first kappa shape index (κ1) is 13.6. The molecule has 2 rings (SSSR count). The van der Waals surface area contributed by atoms with E-state index in [0.29, 0.717) is 22.3 Å². The Labute approximate surface area is 121 Å². The van der Waals surface area contributed by atoms with Gasteiger partial charge in [-0.05, 0) is 33.6 Å². The van der Waals surface area contributed by atoms with Crippen molar-refractivity contribution < 1.29 is 4.79 Å². The smallest absolute Gasteiger partial charge is 0.255 e. The van der Waals surface area contributed by atoms with E-state index in [2.05, 4.69) is 15.9 Å². The van der Waals surface area contributed by atoms with Crippen LogP contribution < -0.4 is 5.73 Å². The van der Waals surface area contributed by atoms with Gasteiger partial charge in [-0.3, -0.25) is 4.79 Å². The Kier molecular flexibility index (Phi) is 4.22. The van der Waals surface area contributed by atoms with Gasteiger partial charge in [0.25, 0.3) is 5.91 Å². The molecule has 19 heavy (non-hydrogen) atoms. The molecule has 0 aromatic heterocycles. The highest BCUT2D eigenvalue weighted by atomic mass is 79.9. The van der Waals surface area contributed by atoms with Crippen molar-refractivity contribution in [2.45, 2.75) is 6.54 Å². The van der Waals surface area contributed by atoms with Gasteiger partial charge in [-0.25, -0.2) is 0 Å². The predicted octanol–water partition coefficient (Wildman–Crippen LogP) is 3.30. The SMILES string of the molecule is CN(Cc1ccccc1)C(=O)c1cccc(N)c1Br. The number of anilines is 1. The normalized spacial score (nSPS) is 10.2. The highest BCUT2D eigenvalue weighted by Gasteiger charge is 2.16. The third kappa shape index (κ3) is 3.15. The number of carbonyl (C=O) groups is 1. The molecule has 1 amide bonds. The number of halogens is 1. The summed E-state index contributed by atoms with van der Waals surface area (Å²) >= 11 is 3.36. The van der Waals surface area contributed by atoms with E-state index in [0.717, 1.165) is 5.56 Å². The van der Waals surface area contributed by atoms with Gasteiger partial charge in [0.15, 0.2) is 0 Å². The van der Waals surface area contributed by atoms with Crippen LogP contribution in [0.3, 0.4) is 0 Å². The first-order valence-electron chi connectivity index (χ1n) is 5.93. The number of nitrogens with two attached hydrogens (primary N) is 1. The second-order valence-electron chi connectivity index (χ2n) is 4.36. The Morgan fingerprint density at radius 2 is 1.84 bits per heavy atom. The van der Waals surface area contributed by atoms with Gasteiger partial charge in [0, 0.05) is 19.3 Å². The first-order chi connectivity index (χ1) is 9.09. The van der Waals surface area contributed by atoms with E-state index in [9.17, 15) is 4.79 Å². The van der Waals surface area contributed by atoms with Gasteiger partial charge < -0.3 is 10.6 Å². The van der Waals surface area contributed by atoms with Gasteiger partial charge in [-0.15, -0.1) is 0 Å². The van der Waals surface area contributed by atoms with Gasteiger partial charge in [-0.2, -0.15) is 0 Å². The summed E-state index contributed by atoms with van der Waals surface area (Å²) in [7, 11) is 1.78. The van der Waals surface area contributed by atoms with Gasteiger partial charge in [-0.1, -0.05) is 36.4 Å². The maximum absolute atomic E-state index is 12.4. The maximum atomic E-state index is 12.4. The zero-order valence-corrected chi connectivity index (χ0v) is 12.2. The Morgan fingerprint density at radius 1 is 1.16 bits per heavy atom. The number of amides is 1. The maximum Gasteiger partial charge on any atom is 0.255 e. The summed E-state index contributed by atoms with van der Waals surface area (Å²) in [6.07, 6.45) is 0. The fourth-order valence-corrected chi connectivity index (χ4v) is 2.28. The molecule has 0 bridgehead atoms. The molecule has 0 aliphatic carbocycles. The van der Waals surface area contributed by atoms with Crippen molar-refractivity contribution in [3.63, 3.8) is 0 Å². The van der Waals surface area contributed by atoms with E-state index < -0.39 is 0 Å². The molecule has 0 fully saturated rings. The minimum Gasteiger partial charge on any atom is -0.398 e. The van der Waals surface area contributed by atoms with Crippen LogP contribution in [0.15, 0.2) is 53.0 Å². The zero-order chi connectivity index (χ0) is 13.8. The largest absolute Gasteiger partial charge is 0.398 e. The van der Waals surface area contributed by atoms with Gasteiger partial charge in [0.05, 0.1) is 10.0 Å². The summed E-state index contributed by atoms with van der Waals surface area (Å²) in [4.78, 5) is 14.0. The van der Waals surface area contributed by atoms with Crippen LogP contribution in [-0.4, -0.2) is 17.9 Å². The number of nitrogens with zero attached hydrogens (tertiary/aromatic N) is 1. The molecule has 0 saturated heterocycles. The highest BCUT2D eigenvalue weighted by Crippen LogP contribution is 2.25. The van der Waals surface area contributed by atoms with Crippen molar-refractivity contribution in [3.8, 4) is 0 Å². The Bertz CT molecular complexity index is 584. The average Bonchev–Trinajstić information content (AvgIpc) is 2.42. The van der Waals surface area contributed by atoms with Gasteiger partial charge >= 0.3 is 0 Å². The topological polar surface area (TPSA) is 46.3 Å². The van der Waals surface area contributed by atoms with E-state index >= 15 is 0 Å². The standard InChI is InChI=1S/C15H15BrN2O/c1-18(10-11-6-3-2-4-7-11)15(19)12-8-5-9-13(17)14(12)16/h2-9H,10,17H2,1H3. The summed E-state index contributed by atoms with van der Waals surface area (Å²) in [5.74, 6) is -0.0528. The Morgan fingerprint density at radius 3 is 2.53 bits per heavy atom. The molecule has 0 atom stereocenters. The van der Waals surface area contributed by atoms with Crippen LogP contribution in [0.4, 0.5) is 5.69 Å². The van der Waals surface area contributed by atoms with E-state index in [1.165, 1.54) is 0 Å². The summed E-state index contributed by atoms with van der Waals surface area (Å²) in [6, 6.07) is 15.2. The molecule has 2 aromatic carbocycles. The second kappa shape index (κ2) is 5.89. The lowest BCUT2D eigenvalue weighted by atomic mass is 10.1. The van der Waals surface area contributed by atoms with Crippen LogP contribution in [0.5, 0.6) is 0 Å². The monoisotopic (exact) mass is 318 g/mol. The quantitative estimate of drug-likeness (QED) is 0.882. The lowest BCUT2D eigenvalue weighted by Gasteiger charge is -2.18. The molecule has 0 heterocycles. The van der Waals surface area contributed by atoms with Gasteiger partial charge in [0.2, 0.25) is 0 Å². The third-order valence-electron chi connectivity index (χ3n) is 2.87. The summed E-state index contributed by atoms with van der Waals surface area (Å²) in [5, 5.41) is 0. The number of hydrogen-bond acceptors (Lipinski definition) is 2. The number of rotatable bonds is 3. The predicted molar refractivity (Wildman–Crippen MR) is 80.8 cm³/mol. The Hall–Kier alpha value is -1.81. The van der Waals surface area contributed by atoms with E-state index in [1.807, 2.05) is 30.3 Å². The van der Waals surface area contributed by atoms with Crippen molar-refractivity contribution in [2.24, 2.45) is 0 Å². The average molecular weight is 319 g/mol. The molecule has 0 aliphatic heterocycles. The lowest BCUT2D eigenvalue weighted by molar-refractivity contribution is 0.0784. The van der Waals surface area contributed by atoms with E-state index in [4.69, 9.17) is 5.73 Å². The van der Waals surface area contributed by atoms with Crippen LogP contribution >= 0.6 is 15.9 Å². The molecule has 0 radical (unpaired) electrons. The van der Waals surface area contributed by atoms with Crippen molar-refractivity contribution >= 4 is 27.5 Å². The van der Waals surface area contributed by atoms with Crippen molar-refractivity contribution in [3.05, 3.63) is 64.1 Å². The molecule has 0 saturated carbocycles. The fraction of sp³-hybridized carbons (Fsp3) is 0.133. The molecule has 0 spiro atoms. The summed E-state index contributed by atoms with van der Waals surface area (Å²) < 4.78 is 0.653. The van der Waals surface area contributed by atoms with Crippen LogP contribution in [-0.2, 0) is 6.54 Å². The lowest BCUT2D eigenvalue weighted by Crippen LogP contribution is -2.26. The molecule has 0 unspecified atom stereocenters. The summed E-state index contributed by atoms with van der Waals surface area (Å²) in [6.45, 7) is 0.570. The molecule has 4 heteroatoms. The number of nitrogen functional groups attached to an aromatic ring is 1. The molecule has 0 aliphatic rings. The minimum absolute atomic E-state index is 0.0528. The van der Waals surface area contributed by atoms with Crippen LogP contribution in [0.2, 0.25) is 0 Å². The van der Waals surface area contributed by atoms with Crippen LogP contribution in [0.25, 0.3) is 0 Å². The summed E-state index contributed by atoms with van der Waals surface area (Å²) in [5.41, 5.74) is 8.04. The molecule has 2 aromatic rings. The van der Waals surface area contributed by atoms with Crippen molar-refractivity contribution in [1.29, 1.82) is 0 Å². The second-order valence-corrected chi connectivity index (χ2v) is 5.15. The fourth-order valence-electron chi connectivity index (χ4n) is 1.85. The van der Waals surface area contributed by atoms with E-state index in [-0.39, 0.29) is 5.91 Å². The number of carbonyl (C=O) groups excluding carboxylic acids is 1. The molecule has 98 valence electrons. The zero-order valence-electron chi connectivity index (χ0n) is 10.6. The minimum atomic E-state index is -0.0528. The highest BCUT2D eigenvalue weighted by molar-refractivity contribution is 9.10. The Balaban J connectivity index is 2.18. The van der Waals surface area contributed by atoms with Gasteiger partial charge in [0.1, 0.15) is 0 Å². The molecule has 3 nitrogen and oxygen atoms in total. The molecular formula is C15H15BrN2O. The first-order valence-corrected chi connectivity index (χ1v) is 6.72. The molecular weight excluding hydrogens is 304 g/mol. The molecule has 2 N–H and O–H groups in total. The third-order valence-corrected chi connectivity index (χ3v) is 3.75. The van der Waals surface area contributed by atoms with Crippen LogP contribution in [0.1, 0.15) is 15.9 Å². The van der Waals surface area contributed by atoms with Crippen molar-refractivity contribution in [2.75, 3.05) is 12.8 Å². The number of benzene rings is 2. The van der Waals surface area contributed by atoms with E-state index in [1.54, 1.807) is 30.1 Å².